The number of nitrogens with zero attached hydrogens (tertiary/aromatic N) is 3. The molecule has 1 atom stereocenters. The van der Waals surface area contributed by atoms with E-state index in [0.29, 0.717) is 28.5 Å². The van der Waals surface area contributed by atoms with Crippen LogP contribution < -0.4 is 0 Å². The molecule has 0 spiro atoms. The highest BCUT2D eigenvalue weighted by atomic mass is 35.5. The van der Waals surface area contributed by atoms with Crippen molar-refractivity contribution < 1.29 is 13.9 Å². The van der Waals surface area contributed by atoms with Gasteiger partial charge in [0.05, 0.1) is 17.7 Å². The number of aromatic nitrogens is 2. The summed E-state index contributed by atoms with van der Waals surface area (Å²) in [5, 5.41) is 0.554. The molecular formula is C19H19ClFN3O2. The van der Waals surface area contributed by atoms with Gasteiger partial charge in [-0.05, 0) is 36.8 Å². The number of hydrogen-bond acceptors (Lipinski definition) is 3. The van der Waals surface area contributed by atoms with E-state index < -0.39 is 0 Å². The third kappa shape index (κ3) is 4.03. The minimum absolute atomic E-state index is 0.204. The molecule has 0 unspecified atom stereocenters. The number of ether oxygens (including phenoxy) is 1. The molecular weight excluding hydrogens is 357 g/mol. The van der Waals surface area contributed by atoms with Crippen LogP contribution in [0.3, 0.4) is 0 Å². The van der Waals surface area contributed by atoms with Crippen LogP contribution in [0.5, 0.6) is 0 Å². The zero-order chi connectivity index (χ0) is 18.7. The molecule has 0 bridgehead atoms. The second-order valence-electron chi connectivity index (χ2n) is 6.11. The van der Waals surface area contributed by atoms with Gasteiger partial charge >= 0.3 is 0 Å². The van der Waals surface area contributed by atoms with E-state index in [9.17, 15) is 9.18 Å². The summed E-state index contributed by atoms with van der Waals surface area (Å²) in [6, 6.07) is 9.46. The van der Waals surface area contributed by atoms with Gasteiger partial charge in [-0.3, -0.25) is 4.79 Å². The molecule has 0 aliphatic heterocycles. The van der Waals surface area contributed by atoms with Crippen LogP contribution in [0.2, 0.25) is 5.02 Å². The number of amides is 1. The summed E-state index contributed by atoms with van der Waals surface area (Å²) in [7, 11) is 1.58. The molecule has 1 aromatic carbocycles. The maximum atomic E-state index is 13.5. The second kappa shape index (κ2) is 7.85. The Labute approximate surface area is 156 Å². The first-order valence-electron chi connectivity index (χ1n) is 8.16. The number of fused-ring (bicyclic) bond motifs is 1. The van der Waals surface area contributed by atoms with Gasteiger partial charge in [-0.1, -0.05) is 23.7 Å². The van der Waals surface area contributed by atoms with Gasteiger partial charge < -0.3 is 14.0 Å². The first-order valence-corrected chi connectivity index (χ1v) is 8.54. The van der Waals surface area contributed by atoms with Crippen LogP contribution >= 0.6 is 11.6 Å². The van der Waals surface area contributed by atoms with Crippen LogP contribution in [0, 0.1) is 5.82 Å². The van der Waals surface area contributed by atoms with Gasteiger partial charge in [0.15, 0.2) is 0 Å². The van der Waals surface area contributed by atoms with Crippen molar-refractivity contribution in [3.05, 3.63) is 70.9 Å². The zero-order valence-corrected chi connectivity index (χ0v) is 15.3. The largest absolute Gasteiger partial charge is 0.383 e. The number of carbonyl (C=O) groups is 1. The molecule has 0 radical (unpaired) electrons. The fraction of sp³-hybridized carbons (Fsp3) is 0.263. The van der Waals surface area contributed by atoms with Gasteiger partial charge in [0, 0.05) is 26.0 Å². The molecule has 2 aromatic heterocycles. The Morgan fingerprint density at radius 2 is 2.15 bits per heavy atom. The Hall–Kier alpha value is -2.44. The highest BCUT2D eigenvalue weighted by molar-refractivity contribution is 6.30. The number of carbonyl (C=O) groups excluding carboxylic acids is 1. The lowest BCUT2D eigenvalue weighted by Gasteiger charge is -2.28. The Morgan fingerprint density at radius 1 is 1.35 bits per heavy atom. The number of methoxy groups -OCH3 is 1. The van der Waals surface area contributed by atoms with E-state index in [0.717, 1.165) is 0 Å². The Kier molecular flexibility index (Phi) is 5.54. The lowest BCUT2D eigenvalue weighted by Crippen LogP contribution is -2.40. The van der Waals surface area contributed by atoms with Crippen LogP contribution in [0.1, 0.15) is 23.0 Å². The number of halogens is 2. The van der Waals surface area contributed by atoms with E-state index in [-0.39, 0.29) is 24.3 Å². The Morgan fingerprint density at radius 3 is 2.88 bits per heavy atom. The first-order chi connectivity index (χ1) is 12.5. The molecule has 0 fully saturated rings. The molecule has 0 saturated heterocycles. The van der Waals surface area contributed by atoms with Crippen molar-refractivity contribution in [2.24, 2.45) is 0 Å². The highest BCUT2D eigenvalue weighted by Gasteiger charge is 2.24. The summed E-state index contributed by atoms with van der Waals surface area (Å²) in [5.41, 5.74) is 1.63. The summed E-state index contributed by atoms with van der Waals surface area (Å²) >= 11 is 5.99. The number of benzene rings is 1. The number of imidazole rings is 1. The third-order valence-corrected chi connectivity index (χ3v) is 4.30. The zero-order valence-electron chi connectivity index (χ0n) is 14.5. The minimum atomic E-state index is -0.336. The summed E-state index contributed by atoms with van der Waals surface area (Å²) in [4.78, 5) is 19.1. The number of pyridine rings is 1. The van der Waals surface area contributed by atoms with Crippen molar-refractivity contribution in [3.8, 4) is 0 Å². The van der Waals surface area contributed by atoms with Crippen molar-refractivity contribution in [2.75, 3.05) is 13.7 Å². The quantitative estimate of drug-likeness (QED) is 0.658. The van der Waals surface area contributed by atoms with Gasteiger partial charge in [0.25, 0.3) is 5.91 Å². The van der Waals surface area contributed by atoms with E-state index >= 15 is 0 Å². The van der Waals surface area contributed by atoms with Gasteiger partial charge in [0.1, 0.15) is 17.2 Å². The van der Waals surface area contributed by atoms with Crippen molar-refractivity contribution in [1.82, 2.24) is 14.3 Å². The standard InChI is InChI=1S/C19H19ClFN3O2/c1-13(12-26-2)24(9-14-4-3-5-16(21)8-14)19(25)17-11-23-10-15(20)6-7-18(23)22-17/h3-8,10-11,13H,9,12H2,1-2H3/t13-/m0/s1. The molecule has 26 heavy (non-hydrogen) atoms. The summed E-state index contributed by atoms with van der Waals surface area (Å²) < 4.78 is 20.4. The van der Waals surface area contributed by atoms with Crippen LogP contribution in [0.4, 0.5) is 4.39 Å². The molecule has 2 heterocycles. The molecule has 3 aromatic rings. The molecule has 0 N–H and O–H groups in total. The molecule has 0 aliphatic carbocycles. The summed E-state index contributed by atoms with van der Waals surface area (Å²) in [6.07, 6.45) is 3.33. The maximum Gasteiger partial charge on any atom is 0.274 e. The predicted molar refractivity (Wildman–Crippen MR) is 97.8 cm³/mol. The normalized spacial score (nSPS) is 12.3. The van der Waals surface area contributed by atoms with Crippen LogP contribution in [0.25, 0.3) is 5.65 Å². The molecule has 7 heteroatoms. The maximum absolute atomic E-state index is 13.5. The van der Waals surface area contributed by atoms with Gasteiger partial charge in [0.2, 0.25) is 0 Å². The summed E-state index contributed by atoms with van der Waals surface area (Å²) in [5.74, 6) is -0.588. The average Bonchev–Trinajstić information content (AvgIpc) is 3.02. The van der Waals surface area contributed by atoms with Crippen LogP contribution in [-0.4, -0.2) is 40.0 Å². The molecule has 1 amide bonds. The van der Waals surface area contributed by atoms with E-state index in [1.165, 1.54) is 12.1 Å². The Balaban J connectivity index is 1.92. The van der Waals surface area contributed by atoms with Crippen molar-refractivity contribution in [1.29, 1.82) is 0 Å². The topological polar surface area (TPSA) is 46.8 Å². The van der Waals surface area contributed by atoms with E-state index in [2.05, 4.69) is 4.98 Å². The molecule has 5 nitrogen and oxygen atoms in total. The van der Waals surface area contributed by atoms with Crippen LogP contribution in [0.15, 0.2) is 48.8 Å². The lowest BCUT2D eigenvalue weighted by atomic mass is 10.1. The van der Waals surface area contributed by atoms with E-state index in [1.54, 1.807) is 53.1 Å². The predicted octanol–water partition coefficient (Wildman–Crippen LogP) is 3.80. The van der Waals surface area contributed by atoms with Crippen molar-refractivity contribution in [3.63, 3.8) is 0 Å². The second-order valence-corrected chi connectivity index (χ2v) is 6.54. The van der Waals surface area contributed by atoms with E-state index in [1.807, 2.05) is 6.92 Å². The van der Waals surface area contributed by atoms with Crippen molar-refractivity contribution in [2.45, 2.75) is 19.5 Å². The van der Waals surface area contributed by atoms with Crippen LogP contribution in [-0.2, 0) is 11.3 Å². The fourth-order valence-corrected chi connectivity index (χ4v) is 2.97. The smallest absolute Gasteiger partial charge is 0.274 e. The SMILES string of the molecule is COC[C@H](C)N(Cc1cccc(F)c1)C(=O)c1cn2cc(Cl)ccc2n1. The minimum Gasteiger partial charge on any atom is -0.383 e. The average molecular weight is 376 g/mol. The number of hydrogen-bond donors (Lipinski definition) is 0. The van der Waals surface area contributed by atoms with E-state index in [4.69, 9.17) is 16.3 Å². The molecule has 136 valence electrons. The number of rotatable bonds is 6. The molecule has 0 aliphatic rings. The fourth-order valence-electron chi connectivity index (χ4n) is 2.81. The van der Waals surface area contributed by atoms with Crippen molar-refractivity contribution >= 4 is 23.2 Å². The Bertz CT molecular complexity index is 928. The summed E-state index contributed by atoms with van der Waals surface area (Å²) in [6.45, 7) is 2.50. The third-order valence-electron chi connectivity index (χ3n) is 4.08. The molecule has 3 rings (SSSR count). The van der Waals surface area contributed by atoms with Gasteiger partial charge in [-0.25, -0.2) is 9.37 Å². The van der Waals surface area contributed by atoms with Gasteiger partial charge in [-0.15, -0.1) is 0 Å². The molecule has 0 saturated carbocycles. The lowest BCUT2D eigenvalue weighted by molar-refractivity contribution is 0.0537. The highest BCUT2D eigenvalue weighted by Crippen LogP contribution is 2.17. The van der Waals surface area contributed by atoms with Gasteiger partial charge in [-0.2, -0.15) is 0 Å². The monoisotopic (exact) mass is 375 g/mol. The first kappa shape index (κ1) is 18.4.